The van der Waals surface area contributed by atoms with Gasteiger partial charge in [0.2, 0.25) is 0 Å². The Morgan fingerprint density at radius 1 is 1.05 bits per heavy atom. The van der Waals surface area contributed by atoms with Crippen LogP contribution in [0.2, 0.25) is 5.02 Å². The lowest BCUT2D eigenvalue weighted by molar-refractivity contribution is 0.0908. The predicted molar refractivity (Wildman–Crippen MR) is 149 cm³/mol. The second-order valence-electron chi connectivity index (χ2n) is 9.41. The number of hydrogen-bond acceptors (Lipinski definition) is 7. The molecule has 9 nitrogen and oxygen atoms in total. The summed E-state index contributed by atoms with van der Waals surface area (Å²) in [6, 6.07) is 16.3. The molecular weight excluding hydrogens is 516 g/mol. The van der Waals surface area contributed by atoms with E-state index in [4.69, 9.17) is 25.7 Å². The van der Waals surface area contributed by atoms with E-state index in [-0.39, 0.29) is 11.7 Å². The quantitative estimate of drug-likeness (QED) is 0.314. The number of imidazole rings is 1. The maximum atomic E-state index is 13.3. The largest absolute Gasteiger partial charge is 0.451 e. The van der Waals surface area contributed by atoms with Crippen molar-refractivity contribution < 1.29 is 13.9 Å². The molecule has 5 aromatic rings. The summed E-state index contributed by atoms with van der Waals surface area (Å²) in [4.78, 5) is 29.4. The summed E-state index contributed by atoms with van der Waals surface area (Å²) in [6.45, 7) is 3.07. The molecule has 10 heteroatoms. The number of rotatable bonds is 7. The summed E-state index contributed by atoms with van der Waals surface area (Å²) in [6.07, 6.45) is 5.86. The highest BCUT2D eigenvalue weighted by Gasteiger charge is 2.24. The molecule has 1 atom stereocenters. The lowest BCUT2D eigenvalue weighted by Gasteiger charge is -2.27. The topological polar surface area (TPSA) is 98.3 Å². The zero-order valence-corrected chi connectivity index (χ0v) is 22.1. The van der Waals surface area contributed by atoms with E-state index in [9.17, 15) is 4.79 Å². The smallest absolute Gasteiger partial charge is 0.287 e. The van der Waals surface area contributed by atoms with Gasteiger partial charge >= 0.3 is 0 Å². The summed E-state index contributed by atoms with van der Waals surface area (Å²) in [5.41, 5.74) is 3.26. The van der Waals surface area contributed by atoms with Gasteiger partial charge in [-0.1, -0.05) is 17.7 Å². The third-order valence-corrected chi connectivity index (χ3v) is 7.10. The maximum absolute atomic E-state index is 13.3. The SMILES string of the molecule is Cn1c(-c2ccc(N3CCOCC3)nc2)cnc1C(Cc1ccccn1)NC(=O)c1cc2cc(Cl)ccc2o1. The number of furan rings is 1. The van der Waals surface area contributed by atoms with Crippen LogP contribution in [0.5, 0.6) is 0 Å². The molecule has 0 aliphatic carbocycles. The van der Waals surface area contributed by atoms with Crippen LogP contribution < -0.4 is 10.2 Å². The predicted octanol–water partition coefficient (Wildman–Crippen LogP) is 4.83. The van der Waals surface area contributed by atoms with Gasteiger partial charge < -0.3 is 23.9 Å². The van der Waals surface area contributed by atoms with Gasteiger partial charge in [0, 0.05) is 60.6 Å². The van der Waals surface area contributed by atoms with E-state index in [1.165, 1.54) is 0 Å². The molecule has 1 fully saturated rings. The number of halogens is 1. The fraction of sp³-hybridized carbons (Fsp3) is 0.241. The monoisotopic (exact) mass is 542 g/mol. The lowest BCUT2D eigenvalue weighted by atomic mass is 10.1. The average molecular weight is 543 g/mol. The Kier molecular flexibility index (Phi) is 7.00. The number of carbonyl (C=O) groups excluding carboxylic acids is 1. The summed E-state index contributed by atoms with van der Waals surface area (Å²) >= 11 is 6.11. The van der Waals surface area contributed by atoms with Crippen LogP contribution >= 0.6 is 11.6 Å². The van der Waals surface area contributed by atoms with E-state index in [0.717, 1.165) is 41.2 Å². The molecule has 6 rings (SSSR count). The first-order chi connectivity index (χ1) is 19.0. The molecule has 0 bridgehead atoms. The number of aromatic nitrogens is 4. The molecule has 39 heavy (non-hydrogen) atoms. The number of fused-ring (bicyclic) bond motifs is 1. The molecular formula is C29H27ClN6O3. The van der Waals surface area contributed by atoms with Gasteiger partial charge in [0.05, 0.1) is 31.1 Å². The van der Waals surface area contributed by atoms with Gasteiger partial charge in [0.1, 0.15) is 17.2 Å². The number of benzene rings is 1. The first kappa shape index (κ1) is 25.1. The molecule has 198 valence electrons. The molecule has 4 aromatic heterocycles. The zero-order valence-electron chi connectivity index (χ0n) is 21.4. The van der Waals surface area contributed by atoms with Crippen LogP contribution in [0.15, 0.2) is 77.6 Å². The van der Waals surface area contributed by atoms with Crippen molar-refractivity contribution in [2.75, 3.05) is 31.2 Å². The fourth-order valence-electron chi connectivity index (χ4n) is 4.82. The Morgan fingerprint density at radius 3 is 2.69 bits per heavy atom. The van der Waals surface area contributed by atoms with Crippen LogP contribution in [0, 0.1) is 0 Å². The third-order valence-electron chi connectivity index (χ3n) is 6.86. The van der Waals surface area contributed by atoms with Crippen molar-refractivity contribution in [3.05, 3.63) is 95.5 Å². The van der Waals surface area contributed by atoms with Crippen LogP contribution in [0.1, 0.15) is 28.1 Å². The minimum atomic E-state index is -0.455. The molecule has 1 aromatic carbocycles. The van der Waals surface area contributed by atoms with E-state index in [2.05, 4.69) is 20.2 Å². The van der Waals surface area contributed by atoms with E-state index in [1.54, 1.807) is 30.5 Å². The summed E-state index contributed by atoms with van der Waals surface area (Å²) in [7, 11) is 1.94. The van der Waals surface area contributed by atoms with Crippen LogP contribution in [-0.4, -0.2) is 51.7 Å². The van der Waals surface area contributed by atoms with Crippen molar-refractivity contribution in [2.45, 2.75) is 12.5 Å². The number of carbonyl (C=O) groups is 1. The van der Waals surface area contributed by atoms with Gasteiger partial charge in [0.25, 0.3) is 5.91 Å². The number of hydrogen-bond donors (Lipinski definition) is 1. The van der Waals surface area contributed by atoms with Crippen LogP contribution in [-0.2, 0) is 18.2 Å². The highest BCUT2D eigenvalue weighted by atomic mass is 35.5. The second kappa shape index (κ2) is 10.9. The van der Waals surface area contributed by atoms with Crippen molar-refractivity contribution in [1.82, 2.24) is 24.8 Å². The number of nitrogens with zero attached hydrogens (tertiary/aromatic N) is 5. The Hall–Kier alpha value is -4.21. The number of morpholine rings is 1. The first-order valence-corrected chi connectivity index (χ1v) is 13.1. The third kappa shape index (κ3) is 5.36. The molecule has 0 radical (unpaired) electrons. The standard InChI is InChI=1S/C29H27ClN6O3/c1-35-24(19-5-8-27(32-17-19)36-10-12-38-13-11-36)18-33-28(35)23(16-22-4-2-3-9-31-22)34-29(37)26-15-20-14-21(30)6-7-25(20)39-26/h2-9,14-15,17-18,23H,10-13,16H2,1H3,(H,34,37). The number of ether oxygens (including phenoxy) is 1. The maximum Gasteiger partial charge on any atom is 0.287 e. The highest BCUT2D eigenvalue weighted by Crippen LogP contribution is 2.27. The van der Waals surface area contributed by atoms with Gasteiger partial charge in [-0.15, -0.1) is 0 Å². The zero-order chi connectivity index (χ0) is 26.8. The number of anilines is 1. The summed E-state index contributed by atoms with van der Waals surface area (Å²) in [5.74, 6) is 1.48. The van der Waals surface area contributed by atoms with E-state index in [0.29, 0.717) is 36.1 Å². The van der Waals surface area contributed by atoms with Gasteiger partial charge in [-0.05, 0) is 48.5 Å². The van der Waals surface area contributed by atoms with Crippen molar-refractivity contribution in [3.8, 4) is 11.3 Å². The highest BCUT2D eigenvalue weighted by molar-refractivity contribution is 6.31. The number of pyridine rings is 2. The molecule has 1 amide bonds. The normalized spacial score (nSPS) is 14.5. The Morgan fingerprint density at radius 2 is 1.92 bits per heavy atom. The summed E-state index contributed by atoms with van der Waals surface area (Å²) in [5, 5.41) is 4.45. The molecule has 0 saturated carbocycles. The minimum absolute atomic E-state index is 0.204. The van der Waals surface area contributed by atoms with Crippen LogP contribution in [0.25, 0.3) is 22.2 Å². The van der Waals surface area contributed by atoms with Gasteiger partial charge in [-0.25, -0.2) is 9.97 Å². The second-order valence-corrected chi connectivity index (χ2v) is 9.85. The minimum Gasteiger partial charge on any atom is -0.451 e. The molecule has 1 aliphatic heterocycles. The van der Waals surface area contributed by atoms with Crippen molar-refractivity contribution >= 4 is 34.3 Å². The van der Waals surface area contributed by atoms with Crippen molar-refractivity contribution in [3.63, 3.8) is 0 Å². The average Bonchev–Trinajstić information content (AvgIpc) is 3.57. The number of amides is 1. The van der Waals surface area contributed by atoms with E-state index < -0.39 is 6.04 Å². The van der Waals surface area contributed by atoms with Crippen LogP contribution in [0.4, 0.5) is 5.82 Å². The molecule has 0 spiro atoms. The first-order valence-electron chi connectivity index (χ1n) is 12.8. The van der Waals surface area contributed by atoms with E-state index >= 15 is 0 Å². The Balaban J connectivity index is 1.28. The molecule has 1 aliphatic rings. The van der Waals surface area contributed by atoms with Gasteiger partial charge in [0.15, 0.2) is 5.76 Å². The van der Waals surface area contributed by atoms with Gasteiger partial charge in [-0.2, -0.15) is 0 Å². The van der Waals surface area contributed by atoms with Crippen molar-refractivity contribution in [1.29, 1.82) is 0 Å². The van der Waals surface area contributed by atoms with Crippen LogP contribution in [0.3, 0.4) is 0 Å². The van der Waals surface area contributed by atoms with Crippen molar-refractivity contribution in [2.24, 2.45) is 7.05 Å². The molecule has 1 N–H and O–H groups in total. The van der Waals surface area contributed by atoms with Gasteiger partial charge in [-0.3, -0.25) is 9.78 Å². The molecule has 1 unspecified atom stereocenters. The molecule has 5 heterocycles. The van der Waals surface area contributed by atoms with E-state index in [1.807, 2.05) is 54.3 Å². The Bertz CT molecular complexity index is 1590. The lowest BCUT2D eigenvalue weighted by Crippen LogP contribution is -2.36. The fourth-order valence-corrected chi connectivity index (χ4v) is 5.00. The molecule has 1 saturated heterocycles. The Labute approximate surface area is 230 Å². The number of nitrogens with one attached hydrogen (secondary N) is 1. The summed E-state index contributed by atoms with van der Waals surface area (Å²) < 4.78 is 13.2.